The van der Waals surface area contributed by atoms with E-state index in [0.717, 1.165) is 17.2 Å². The molecular weight excluding hydrogens is 839 g/mol. The van der Waals surface area contributed by atoms with E-state index in [0.29, 0.717) is 47.6 Å². The van der Waals surface area contributed by atoms with Gasteiger partial charge >= 0.3 is 6.09 Å². The molecule has 0 spiro atoms. The van der Waals surface area contributed by atoms with Crippen LogP contribution in [0.5, 0.6) is 11.5 Å². The highest BCUT2D eigenvalue weighted by Gasteiger charge is 2.25. The molecule has 0 fully saturated rings. The van der Waals surface area contributed by atoms with Gasteiger partial charge in [-0.3, -0.25) is 44.8 Å². The number of fused-ring (bicyclic) bond motifs is 2. The molecule has 340 valence electrons. The SMILES string of the molecule is CCn1nc(C)cc1C(=O)Nc1nc2cc(C(N)=O)cc(OC)c2n1C/C=C/CNc1c(OC/C=C/CC2CN=Cc3cc(NC(=O)OC(C)(C)C)ccc32)cc(C(N)=O)cc1[N+](=O)[O-]. The molecule has 20 nitrogen and oxygen atoms in total. The standard InChI is InChI=1S/C45H51N11O9/c1-7-55-35(18-26(2)53-55)42(59)52-43-51-33-20-28(40(46)57)23-37(63-6)39(33)54(43)16-10-9-15-49-38-34(56(61)62)21-29(41(47)58)22-36(38)64-17-11-8-12-27-24-48-25-30-19-31(13-14-32(27)30)50-44(60)65-45(3,4)5/h8-11,13-14,18-23,25,27,49H,7,12,15-17,24H2,1-6H3,(H2,46,57)(H2,47,58)(H,50,60)(H,51,52,59)/b10-9+,11-8+. The van der Waals surface area contributed by atoms with Crippen LogP contribution < -0.4 is 36.9 Å². The van der Waals surface area contributed by atoms with Crippen molar-refractivity contribution >= 4 is 64.1 Å². The number of ether oxygens (including phenoxy) is 3. The van der Waals surface area contributed by atoms with Crippen molar-refractivity contribution in [2.75, 3.05) is 42.8 Å². The molecular formula is C45H51N11O9. The normalized spacial score (nSPS) is 13.5. The van der Waals surface area contributed by atoms with E-state index in [2.05, 4.69) is 31.0 Å². The van der Waals surface area contributed by atoms with E-state index < -0.39 is 40.0 Å². The lowest BCUT2D eigenvalue weighted by Gasteiger charge is -2.22. The molecule has 3 aromatic carbocycles. The number of nitrogens with two attached hydrogens (primary N) is 2. The van der Waals surface area contributed by atoms with Crippen LogP contribution in [-0.4, -0.2) is 86.7 Å². The third-order valence-corrected chi connectivity index (χ3v) is 10.0. The van der Waals surface area contributed by atoms with Crippen LogP contribution in [0.25, 0.3) is 11.0 Å². The van der Waals surface area contributed by atoms with Crippen molar-refractivity contribution in [3.05, 3.63) is 117 Å². The average Bonchev–Trinajstić information content (AvgIpc) is 3.81. The summed E-state index contributed by atoms with van der Waals surface area (Å²) in [6.45, 7) is 10.2. The van der Waals surface area contributed by atoms with Gasteiger partial charge in [-0.15, -0.1) is 0 Å². The summed E-state index contributed by atoms with van der Waals surface area (Å²) in [6, 6.07) is 12.7. The molecule has 0 bridgehead atoms. The molecule has 1 aliphatic heterocycles. The first-order valence-corrected chi connectivity index (χ1v) is 20.6. The van der Waals surface area contributed by atoms with E-state index >= 15 is 0 Å². The summed E-state index contributed by atoms with van der Waals surface area (Å²) in [4.78, 5) is 70.9. The molecule has 0 saturated heterocycles. The molecule has 0 radical (unpaired) electrons. The topological polar surface area (TPSA) is 275 Å². The minimum Gasteiger partial charge on any atom is -0.494 e. The smallest absolute Gasteiger partial charge is 0.412 e. The zero-order valence-electron chi connectivity index (χ0n) is 36.8. The van der Waals surface area contributed by atoms with Gasteiger partial charge in [0.2, 0.25) is 17.8 Å². The highest BCUT2D eigenvalue weighted by atomic mass is 16.6. The first-order valence-electron chi connectivity index (χ1n) is 20.6. The molecule has 1 unspecified atom stereocenters. The number of carbonyl (C=O) groups is 4. The summed E-state index contributed by atoms with van der Waals surface area (Å²) in [5.74, 6) is -1.52. The van der Waals surface area contributed by atoms with E-state index in [1.165, 1.54) is 25.3 Å². The van der Waals surface area contributed by atoms with Gasteiger partial charge in [-0.05, 0) is 88.6 Å². The van der Waals surface area contributed by atoms with Gasteiger partial charge in [0.25, 0.3) is 11.6 Å². The van der Waals surface area contributed by atoms with Crippen molar-refractivity contribution in [3.63, 3.8) is 0 Å². The van der Waals surface area contributed by atoms with Gasteiger partial charge in [-0.25, -0.2) is 9.78 Å². The number of imidazole rings is 1. The van der Waals surface area contributed by atoms with Gasteiger partial charge < -0.3 is 35.6 Å². The zero-order valence-corrected chi connectivity index (χ0v) is 36.8. The van der Waals surface area contributed by atoms with E-state index in [1.54, 1.807) is 67.5 Å². The molecule has 0 saturated carbocycles. The number of hydrogen-bond donors (Lipinski definition) is 5. The van der Waals surface area contributed by atoms with Gasteiger partial charge in [0.1, 0.15) is 29.2 Å². The lowest BCUT2D eigenvalue weighted by molar-refractivity contribution is -0.384. The van der Waals surface area contributed by atoms with E-state index in [9.17, 15) is 29.3 Å². The third kappa shape index (κ3) is 11.3. The second-order valence-electron chi connectivity index (χ2n) is 15.9. The van der Waals surface area contributed by atoms with E-state index in [4.69, 9.17) is 25.7 Å². The molecule has 0 aliphatic carbocycles. The fraction of sp³-hybridized carbons (Fsp3) is 0.311. The minimum absolute atomic E-state index is 0.00555. The van der Waals surface area contributed by atoms with Crippen molar-refractivity contribution in [1.82, 2.24) is 19.3 Å². The largest absolute Gasteiger partial charge is 0.494 e. The summed E-state index contributed by atoms with van der Waals surface area (Å²) >= 11 is 0. The van der Waals surface area contributed by atoms with Crippen LogP contribution in [0.3, 0.4) is 0 Å². The van der Waals surface area contributed by atoms with Crippen molar-refractivity contribution in [3.8, 4) is 11.5 Å². The van der Waals surface area contributed by atoms with Crippen LogP contribution in [0.15, 0.2) is 77.8 Å². The Bertz CT molecular complexity index is 2740. The van der Waals surface area contributed by atoms with Crippen LogP contribution in [0, 0.1) is 17.0 Å². The number of nitro benzene ring substituents is 1. The summed E-state index contributed by atoms with van der Waals surface area (Å²) in [5.41, 5.74) is 14.4. The Morgan fingerprint density at radius 1 is 0.969 bits per heavy atom. The number of amides is 4. The number of nitrogens with one attached hydrogen (secondary N) is 3. The minimum atomic E-state index is -0.871. The number of aryl methyl sites for hydroxylation is 2. The Morgan fingerprint density at radius 2 is 1.71 bits per heavy atom. The Balaban J connectivity index is 1.17. The molecule has 2 aromatic heterocycles. The Labute approximate surface area is 373 Å². The molecule has 6 rings (SSSR count). The predicted molar refractivity (Wildman–Crippen MR) is 245 cm³/mol. The van der Waals surface area contributed by atoms with E-state index in [-0.39, 0.29) is 59.9 Å². The maximum atomic E-state index is 13.5. The molecule has 65 heavy (non-hydrogen) atoms. The van der Waals surface area contributed by atoms with Crippen molar-refractivity contribution in [2.24, 2.45) is 16.5 Å². The molecule has 7 N–H and O–H groups in total. The average molecular weight is 890 g/mol. The lowest BCUT2D eigenvalue weighted by Crippen LogP contribution is -2.27. The number of carbonyl (C=O) groups excluding carboxylic acids is 4. The number of aromatic nitrogens is 4. The molecule has 1 atom stereocenters. The van der Waals surface area contributed by atoms with Crippen LogP contribution in [0.2, 0.25) is 0 Å². The number of primary amides is 2. The maximum absolute atomic E-state index is 13.5. The van der Waals surface area contributed by atoms with Crippen LogP contribution >= 0.6 is 0 Å². The number of aliphatic imine (C=N–C) groups is 1. The van der Waals surface area contributed by atoms with Gasteiger partial charge in [0, 0.05) is 61.2 Å². The van der Waals surface area contributed by atoms with Crippen LogP contribution in [-0.2, 0) is 17.8 Å². The Morgan fingerprint density at radius 3 is 2.40 bits per heavy atom. The Kier molecular flexibility index (Phi) is 14.3. The molecule has 4 amide bonds. The van der Waals surface area contributed by atoms with Crippen LogP contribution in [0.4, 0.5) is 27.8 Å². The van der Waals surface area contributed by atoms with Crippen LogP contribution in [0.1, 0.15) is 88.1 Å². The second-order valence-corrected chi connectivity index (χ2v) is 15.9. The van der Waals surface area contributed by atoms with Crippen molar-refractivity contribution in [1.29, 1.82) is 0 Å². The highest BCUT2D eigenvalue weighted by molar-refractivity contribution is 6.04. The fourth-order valence-corrected chi connectivity index (χ4v) is 7.14. The second kappa shape index (κ2) is 20.0. The summed E-state index contributed by atoms with van der Waals surface area (Å²) < 4.78 is 20.2. The maximum Gasteiger partial charge on any atom is 0.412 e. The van der Waals surface area contributed by atoms with Crippen molar-refractivity contribution in [2.45, 2.75) is 65.6 Å². The Hall–Kier alpha value is -8.03. The number of methoxy groups -OCH3 is 1. The summed E-state index contributed by atoms with van der Waals surface area (Å²) in [6.07, 6.45) is 8.95. The first-order chi connectivity index (χ1) is 31.0. The molecule has 5 aromatic rings. The number of nitrogens with zero attached hydrogens (tertiary/aromatic N) is 6. The fourth-order valence-electron chi connectivity index (χ4n) is 7.14. The quantitative estimate of drug-likeness (QED) is 0.0359. The molecule has 1 aliphatic rings. The monoisotopic (exact) mass is 889 g/mol. The van der Waals surface area contributed by atoms with Gasteiger partial charge in [0.15, 0.2) is 11.4 Å². The van der Waals surface area contributed by atoms with Crippen molar-refractivity contribution < 1.29 is 38.3 Å². The number of anilines is 3. The lowest BCUT2D eigenvalue weighted by atomic mass is 9.89. The predicted octanol–water partition coefficient (Wildman–Crippen LogP) is 6.48. The number of benzene rings is 3. The highest BCUT2D eigenvalue weighted by Crippen LogP contribution is 2.37. The third-order valence-electron chi connectivity index (χ3n) is 10.0. The zero-order chi connectivity index (χ0) is 47.0. The van der Waals surface area contributed by atoms with Gasteiger partial charge in [0.05, 0.1) is 23.2 Å². The number of allylic oxidation sites excluding steroid dienone is 2. The number of rotatable bonds is 18. The summed E-state index contributed by atoms with van der Waals surface area (Å²) in [7, 11) is 1.43. The van der Waals surface area contributed by atoms with Gasteiger partial charge in [-0.1, -0.05) is 30.4 Å². The number of nitro groups is 1. The molecule has 20 heteroatoms. The van der Waals surface area contributed by atoms with E-state index in [1.807, 2.05) is 31.2 Å². The van der Waals surface area contributed by atoms with Gasteiger partial charge in [-0.2, -0.15) is 5.10 Å². The summed E-state index contributed by atoms with van der Waals surface area (Å²) in [5, 5.41) is 25.3. The number of hydrogen-bond acceptors (Lipinski definition) is 13. The first kappa shape index (κ1) is 46.5. The molecule has 3 heterocycles.